The number of epoxide rings is 1. The van der Waals surface area contributed by atoms with E-state index >= 15 is 0 Å². The van der Waals surface area contributed by atoms with E-state index in [1.165, 1.54) is 24.3 Å². The summed E-state index contributed by atoms with van der Waals surface area (Å²) in [5, 5.41) is 0. The molecular formula is C27H26O8. The van der Waals surface area contributed by atoms with Gasteiger partial charge in [-0.2, -0.15) is 0 Å². The van der Waals surface area contributed by atoms with Crippen molar-refractivity contribution in [2.75, 3.05) is 26.4 Å². The molecule has 0 amide bonds. The largest absolute Gasteiger partial charge is 0.494 e. The number of benzene rings is 3. The minimum Gasteiger partial charge on any atom is -0.494 e. The van der Waals surface area contributed by atoms with Gasteiger partial charge in [0.25, 0.3) is 0 Å². The maximum atomic E-state index is 12.6. The first-order valence-electron chi connectivity index (χ1n) is 11.3. The van der Waals surface area contributed by atoms with Crippen LogP contribution in [0.2, 0.25) is 0 Å². The Morgan fingerprint density at radius 2 is 1.26 bits per heavy atom. The van der Waals surface area contributed by atoms with Gasteiger partial charge < -0.3 is 28.4 Å². The van der Waals surface area contributed by atoms with Crippen LogP contribution in [0.1, 0.15) is 34.6 Å². The SMILES string of the molecule is CCOc1ccc(C(=O)Oc2ccc(C(=O)Oc3ccc(OCC)c(OCC4CO4)c3)cc2)cc1. The van der Waals surface area contributed by atoms with E-state index in [1.807, 2.05) is 13.8 Å². The number of esters is 2. The summed E-state index contributed by atoms with van der Waals surface area (Å²) in [6.45, 7) is 5.85. The third-order valence-corrected chi connectivity index (χ3v) is 4.95. The molecule has 1 heterocycles. The predicted octanol–water partition coefficient (Wildman–Crippen LogP) is 4.70. The molecule has 182 valence electrons. The van der Waals surface area contributed by atoms with Crippen molar-refractivity contribution in [1.29, 1.82) is 0 Å². The van der Waals surface area contributed by atoms with Crippen molar-refractivity contribution in [2.45, 2.75) is 20.0 Å². The average molecular weight is 478 g/mol. The van der Waals surface area contributed by atoms with Crippen LogP contribution in [0.3, 0.4) is 0 Å². The molecule has 8 heteroatoms. The van der Waals surface area contributed by atoms with Crippen LogP contribution in [0.5, 0.6) is 28.7 Å². The van der Waals surface area contributed by atoms with Gasteiger partial charge in [0.15, 0.2) is 11.5 Å². The Labute approximate surface area is 203 Å². The zero-order chi connectivity index (χ0) is 24.6. The molecule has 0 radical (unpaired) electrons. The fourth-order valence-electron chi connectivity index (χ4n) is 3.13. The molecule has 0 N–H and O–H groups in total. The fraction of sp³-hybridized carbons (Fsp3) is 0.259. The van der Waals surface area contributed by atoms with Crippen LogP contribution in [0.15, 0.2) is 66.7 Å². The normalized spacial score (nSPS) is 14.1. The van der Waals surface area contributed by atoms with Gasteiger partial charge in [0.05, 0.1) is 30.9 Å². The number of hydrogen-bond donors (Lipinski definition) is 0. The lowest BCUT2D eigenvalue weighted by Crippen LogP contribution is -2.11. The average Bonchev–Trinajstić information content (AvgIpc) is 3.70. The molecule has 0 aromatic heterocycles. The van der Waals surface area contributed by atoms with Crippen LogP contribution in [0.4, 0.5) is 0 Å². The first-order valence-corrected chi connectivity index (χ1v) is 11.3. The summed E-state index contributed by atoms with van der Waals surface area (Å²) in [6.07, 6.45) is 0.0812. The zero-order valence-electron chi connectivity index (χ0n) is 19.5. The second kappa shape index (κ2) is 11.4. The van der Waals surface area contributed by atoms with Crippen molar-refractivity contribution in [2.24, 2.45) is 0 Å². The maximum absolute atomic E-state index is 12.6. The van der Waals surface area contributed by atoms with Crippen molar-refractivity contribution >= 4 is 11.9 Å². The van der Waals surface area contributed by atoms with Gasteiger partial charge in [-0.3, -0.25) is 0 Å². The highest BCUT2D eigenvalue weighted by Crippen LogP contribution is 2.33. The summed E-state index contributed by atoms with van der Waals surface area (Å²) in [4.78, 5) is 25.0. The second-order valence-electron chi connectivity index (χ2n) is 7.57. The third-order valence-electron chi connectivity index (χ3n) is 4.95. The van der Waals surface area contributed by atoms with E-state index in [4.69, 9.17) is 28.4 Å². The summed E-state index contributed by atoms with van der Waals surface area (Å²) in [5.41, 5.74) is 0.687. The van der Waals surface area contributed by atoms with Crippen molar-refractivity contribution < 1.29 is 38.0 Å². The molecule has 1 aliphatic heterocycles. The van der Waals surface area contributed by atoms with Gasteiger partial charge in [0.2, 0.25) is 0 Å². The van der Waals surface area contributed by atoms with Crippen molar-refractivity contribution in [3.63, 3.8) is 0 Å². The van der Waals surface area contributed by atoms with E-state index in [0.717, 1.165) is 0 Å². The van der Waals surface area contributed by atoms with Gasteiger partial charge >= 0.3 is 11.9 Å². The lowest BCUT2D eigenvalue weighted by molar-refractivity contribution is 0.0730. The lowest BCUT2D eigenvalue weighted by atomic mass is 10.2. The number of hydrogen-bond acceptors (Lipinski definition) is 8. The number of ether oxygens (including phenoxy) is 6. The van der Waals surface area contributed by atoms with Crippen LogP contribution >= 0.6 is 0 Å². The van der Waals surface area contributed by atoms with Crippen molar-refractivity contribution in [3.05, 3.63) is 77.9 Å². The Kier molecular flexibility index (Phi) is 7.84. The molecule has 35 heavy (non-hydrogen) atoms. The number of carbonyl (C=O) groups excluding carboxylic acids is 2. The Hall–Kier alpha value is -4.04. The van der Waals surface area contributed by atoms with Crippen molar-refractivity contribution in [3.8, 4) is 28.7 Å². The third kappa shape index (κ3) is 6.74. The van der Waals surface area contributed by atoms with Crippen LogP contribution in [0, 0.1) is 0 Å². The molecule has 0 saturated carbocycles. The smallest absolute Gasteiger partial charge is 0.343 e. The molecule has 1 unspecified atom stereocenters. The highest BCUT2D eigenvalue weighted by atomic mass is 16.6. The van der Waals surface area contributed by atoms with Gasteiger partial charge in [0.1, 0.15) is 30.0 Å². The molecule has 4 rings (SSSR count). The van der Waals surface area contributed by atoms with Gasteiger partial charge in [0, 0.05) is 6.07 Å². The molecule has 0 bridgehead atoms. The van der Waals surface area contributed by atoms with E-state index in [2.05, 4.69) is 0 Å². The van der Waals surface area contributed by atoms with Gasteiger partial charge in [-0.25, -0.2) is 9.59 Å². The summed E-state index contributed by atoms with van der Waals surface area (Å²) in [7, 11) is 0. The Morgan fingerprint density at radius 3 is 1.83 bits per heavy atom. The van der Waals surface area contributed by atoms with E-state index in [0.29, 0.717) is 66.3 Å². The summed E-state index contributed by atoms with van der Waals surface area (Å²) < 4.78 is 32.7. The topological polar surface area (TPSA) is 92.8 Å². The molecule has 1 aliphatic rings. The Morgan fingerprint density at radius 1 is 0.714 bits per heavy atom. The summed E-state index contributed by atoms with van der Waals surface area (Å²) in [6, 6.07) is 17.7. The van der Waals surface area contributed by atoms with Crippen LogP contribution in [-0.4, -0.2) is 44.5 Å². The molecule has 0 spiro atoms. The van der Waals surface area contributed by atoms with Crippen LogP contribution < -0.4 is 23.7 Å². The van der Waals surface area contributed by atoms with E-state index in [9.17, 15) is 9.59 Å². The van der Waals surface area contributed by atoms with Gasteiger partial charge in [-0.15, -0.1) is 0 Å². The van der Waals surface area contributed by atoms with Gasteiger partial charge in [-0.05, 0) is 74.5 Å². The minimum atomic E-state index is -0.560. The molecule has 3 aromatic rings. The number of carbonyl (C=O) groups is 2. The summed E-state index contributed by atoms with van der Waals surface area (Å²) >= 11 is 0. The second-order valence-corrected chi connectivity index (χ2v) is 7.57. The van der Waals surface area contributed by atoms with E-state index in [-0.39, 0.29) is 6.10 Å². The van der Waals surface area contributed by atoms with Crippen molar-refractivity contribution in [1.82, 2.24) is 0 Å². The highest BCUT2D eigenvalue weighted by Gasteiger charge is 2.24. The Bertz CT molecular complexity index is 1150. The standard InChI is InChI=1S/C27H26O8/c1-3-30-20-9-5-18(6-10-20)26(28)34-21-11-7-19(8-12-21)27(29)35-22-13-14-24(31-4-2)25(15-22)33-17-23-16-32-23/h5-15,23H,3-4,16-17H2,1-2H3. The Balaban J connectivity index is 1.36. The van der Waals surface area contributed by atoms with Gasteiger partial charge in [-0.1, -0.05) is 0 Å². The monoisotopic (exact) mass is 478 g/mol. The summed E-state index contributed by atoms with van der Waals surface area (Å²) in [5.74, 6) is 1.26. The predicted molar refractivity (Wildman–Crippen MR) is 127 cm³/mol. The van der Waals surface area contributed by atoms with E-state index < -0.39 is 11.9 Å². The molecule has 1 saturated heterocycles. The van der Waals surface area contributed by atoms with Crippen LogP contribution in [-0.2, 0) is 4.74 Å². The lowest BCUT2D eigenvalue weighted by Gasteiger charge is -2.13. The molecular weight excluding hydrogens is 452 g/mol. The first kappa shape index (κ1) is 24.1. The number of rotatable bonds is 11. The molecule has 8 nitrogen and oxygen atoms in total. The minimum absolute atomic E-state index is 0.0812. The quantitative estimate of drug-likeness (QED) is 0.222. The maximum Gasteiger partial charge on any atom is 0.343 e. The van der Waals surface area contributed by atoms with Crippen LogP contribution in [0.25, 0.3) is 0 Å². The van der Waals surface area contributed by atoms with E-state index in [1.54, 1.807) is 42.5 Å². The highest BCUT2D eigenvalue weighted by molar-refractivity contribution is 5.92. The molecule has 0 aliphatic carbocycles. The molecule has 1 atom stereocenters. The molecule has 3 aromatic carbocycles. The first-order chi connectivity index (χ1) is 17.1. The zero-order valence-corrected chi connectivity index (χ0v) is 19.5. The fourth-order valence-corrected chi connectivity index (χ4v) is 3.13. The molecule has 1 fully saturated rings.